The lowest BCUT2D eigenvalue weighted by Gasteiger charge is -2.30. The second-order valence-corrected chi connectivity index (χ2v) is 5.96. The molecule has 1 aromatic heterocycles. The molecule has 0 spiro atoms. The molecule has 116 valence electrons. The van der Waals surface area contributed by atoms with Crippen LogP contribution < -0.4 is 10.6 Å². The van der Waals surface area contributed by atoms with Crippen LogP contribution in [0.25, 0.3) is 5.69 Å². The molecule has 1 aliphatic rings. The van der Waals surface area contributed by atoms with Crippen molar-refractivity contribution in [3.05, 3.63) is 47.8 Å². The van der Waals surface area contributed by atoms with Gasteiger partial charge in [-0.05, 0) is 37.9 Å². The van der Waals surface area contributed by atoms with Crippen molar-refractivity contribution in [1.82, 2.24) is 20.4 Å². The van der Waals surface area contributed by atoms with E-state index in [0.717, 1.165) is 30.9 Å². The minimum atomic E-state index is -0.0415. The molecule has 3 rings (SSSR count). The van der Waals surface area contributed by atoms with Crippen LogP contribution in [0.4, 0.5) is 0 Å². The van der Waals surface area contributed by atoms with Crippen LogP contribution >= 0.6 is 0 Å². The van der Waals surface area contributed by atoms with Gasteiger partial charge in [0.15, 0.2) is 0 Å². The zero-order valence-electron chi connectivity index (χ0n) is 13.0. The van der Waals surface area contributed by atoms with E-state index in [-0.39, 0.29) is 11.9 Å². The van der Waals surface area contributed by atoms with E-state index in [1.165, 1.54) is 0 Å². The SMILES string of the molecule is Cc1nn(-c2ccccc2)cc1C(=O)NC1CNCCC1C. The van der Waals surface area contributed by atoms with Crippen LogP contribution in [-0.2, 0) is 0 Å². The largest absolute Gasteiger partial charge is 0.348 e. The van der Waals surface area contributed by atoms with Crippen LogP contribution in [0.2, 0.25) is 0 Å². The Labute approximate surface area is 130 Å². The highest BCUT2D eigenvalue weighted by molar-refractivity contribution is 5.95. The summed E-state index contributed by atoms with van der Waals surface area (Å²) in [5.74, 6) is 0.454. The number of para-hydroxylation sites is 1. The molecule has 1 fully saturated rings. The van der Waals surface area contributed by atoms with Crippen LogP contribution in [0, 0.1) is 12.8 Å². The molecule has 0 radical (unpaired) electrons. The van der Waals surface area contributed by atoms with Crippen LogP contribution in [0.5, 0.6) is 0 Å². The summed E-state index contributed by atoms with van der Waals surface area (Å²) in [6, 6.07) is 10.0. The number of piperidine rings is 1. The van der Waals surface area contributed by atoms with E-state index < -0.39 is 0 Å². The van der Waals surface area contributed by atoms with Crippen LogP contribution in [0.3, 0.4) is 0 Å². The Kier molecular flexibility index (Phi) is 4.24. The van der Waals surface area contributed by atoms with Crippen molar-refractivity contribution in [2.24, 2.45) is 5.92 Å². The van der Waals surface area contributed by atoms with E-state index in [2.05, 4.69) is 22.7 Å². The zero-order chi connectivity index (χ0) is 15.5. The van der Waals surface area contributed by atoms with Crippen LogP contribution in [-0.4, -0.2) is 34.8 Å². The van der Waals surface area contributed by atoms with E-state index in [0.29, 0.717) is 11.5 Å². The van der Waals surface area contributed by atoms with Gasteiger partial charge in [0.05, 0.1) is 16.9 Å². The van der Waals surface area contributed by atoms with Crippen molar-refractivity contribution in [3.63, 3.8) is 0 Å². The number of hydrogen-bond acceptors (Lipinski definition) is 3. The number of nitrogens with one attached hydrogen (secondary N) is 2. The second-order valence-electron chi connectivity index (χ2n) is 5.96. The number of aromatic nitrogens is 2. The summed E-state index contributed by atoms with van der Waals surface area (Å²) in [6.07, 6.45) is 2.90. The summed E-state index contributed by atoms with van der Waals surface area (Å²) in [5, 5.41) is 10.9. The van der Waals surface area contributed by atoms with Crippen molar-refractivity contribution in [3.8, 4) is 5.69 Å². The first-order chi connectivity index (χ1) is 10.6. The summed E-state index contributed by atoms with van der Waals surface area (Å²) < 4.78 is 1.76. The van der Waals surface area contributed by atoms with Crippen molar-refractivity contribution >= 4 is 5.91 Å². The summed E-state index contributed by atoms with van der Waals surface area (Å²) >= 11 is 0. The highest BCUT2D eigenvalue weighted by Crippen LogP contribution is 2.15. The minimum absolute atomic E-state index is 0.0415. The molecule has 2 unspecified atom stereocenters. The van der Waals surface area contributed by atoms with Gasteiger partial charge in [0.2, 0.25) is 0 Å². The first-order valence-electron chi connectivity index (χ1n) is 7.78. The fraction of sp³-hybridized carbons (Fsp3) is 0.412. The number of amides is 1. The predicted octanol–water partition coefficient (Wildman–Crippen LogP) is 1.91. The molecule has 1 aromatic carbocycles. The Morgan fingerprint density at radius 1 is 1.36 bits per heavy atom. The number of rotatable bonds is 3. The zero-order valence-corrected chi connectivity index (χ0v) is 13.0. The molecule has 2 heterocycles. The third-order valence-electron chi connectivity index (χ3n) is 4.31. The van der Waals surface area contributed by atoms with Gasteiger partial charge in [0.1, 0.15) is 0 Å². The molecule has 0 aliphatic carbocycles. The van der Waals surface area contributed by atoms with Crippen molar-refractivity contribution in [2.75, 3.05) is 13.1 Å². The Morgan fingerprint density at radius 2 is 2.14 bits per heavy atom. The van der Waals surface area contributed by atoms with E-state index in [1.807, 2.05) is 37.3 Å². The Balaban J connectivity index is 1.77. The highest BCUT2D eigenvalue weighted by Gasteiger charge is 2.24. The van der Waals surface area contributed by atoms with Crippen LogP contribution in [0.1, 0.15) is 29.4 Å². The first kappa shape index (κ1) is 14.8. The topological polar surface area (TPSA) is 59.0 Å². The predicted molar refractivity (Wildman–Crippen MR) is 86.2 cm³/mol. The smallest absolute Gasteiger partial charge is 0.255 e. The molecule has 2 atom stereocenters. The molecule has 0 bridgehead atoms. The van der Waals surface area contributed by atoms with Crippen molar-refractivity contribution in [1.29, 1.82) is 0 Å². The summed E-state index contributed by atoms with van der Waals surface area (Å²) in [7, 11) is 0. The number of aryl methyl sites for hydroxylation is 1. The fourth-order valence-electron chi connectivity index (χ4n) is 2.83. The Hall–Kier alpha value is -2.14. The average molecular weight is 298 g/mol. The molecule has 2 aromatic rings. The van der Waals surface area contributed by atoms with E-state index in [4.69, 9.17) is 0 Å². The monoisotopic (exact) mass is 298 g/mol. The molecule has 22 heavy (non-hydrogen) atoms. The number of benzene rings is 1. The van der Waals surface area contributed by atoms with Crippen molar-refractivity contribution < 1.29 is 4.79 Å². The number of hydrogen-bond donors (Lipinski definition) is 2. The van der Waals surface area contributed by atoms with Crippen LogP contribution in [0.15, 0.2) is 36.5 Å². The number of carbonyl (C=O) groups excluding carboxylic acids is 1. The lowest BCUT2D eigenvalue weighted by Crippen LogP contribution is -2.50. The third-order valence-corrected chi connectivity index (χ3v) is 4.31. The van der Waals surface area contributed by atoms with Gasteiger partial charge in [-0.1, -0.05) is 25.1 Å². The summed E-state index contributed by atoms with van der Waals surface area (Å²) in [6.45, 7) is 5.92. The molecule has 5 nitrogen and oxygen atoms in total. The number of nitrogens with zero attached hydrogens (tertiary/aromatic N) is 2. The Morgan fingerprint density at radius 3 is 2.86 bits per heavy atom. The summed E-state index contributed by atoms with van der Waals surface area (Å²) in [5.41, 5.74) is 2.34. The van der Waals surface area contributed by atoms with Gasteiger partial charge in [0, 0.05) is 18.8 Å². The highest BCUT2D eigenvalue weighted by atomic mass is 16.1. The second kappa shape index (κ2) is 6.32. The first-order valence-corrected chi connectivity index (χ1v) is 7.78. The lowest BCUT2D eigenvalue weighted by molar-refractivity contribution is 0.0914. The maximum atomic E-state index is 12.5. The third kappa shape index (κ3) is 3.04. The molecular formula is C17H22N4O. The normalized spacial score (nSPS) is 21.5. The molecular weight excluding hydrogens is 276 g/mol. The fourth-order valence-corrected chi connectivity index (χ4v) is 2.83. The lowest BCUT2D eigenvalue weighted by atomic mass is 9.94. The molecule has 1 aliphatic heterocycles. The molecule has 5 heteroatoms. The van der Waals surface area contributed by atoms with E-state index in [9.17, 15) is 4.79 Å². The molecule has 1 amide bonds. The maximum absolute atomic E-state index is 12.5. The maximum Gasteiger partial charge on any atom is 0.255 e. The quantitative estimate of drug-likeness (QED) is 0.910. The van der Waals surface area contributed by atoms with Crippen molar-refractivity contribution in [2.45, 2.75) is 26.3 Å². The van der Waals surface area contributed by atoms with Gasteiger partial charge in [-0.25, -0.2) is 4.68 Å². The molecule has 2 N–H and O–H groups in total. The summed E-state index contributed by atoms with van der Waals surface area (Å²) in [4.78, 5) is 12.5. The molecule has 0 saturated carbocycles. The van der Waals surface area contributed by atoms with E-state index >= 15 is 0 Å². The van der Waals surface area contributed by atoms with Gasteiger partial charge >= 0.3 is 0 Å². The minimum Gasteiger partial charge on any atom is -0.348 e. The number of carbonyl (C=O) groups is 1. The average Bonchev–Trinajstić information content (AvgIpc) is 2.92. The van der Waals surface area contributed by atoms with Gasteiger partial charge < -0.3 is 10.6 Å². The van der Waals surface area contributed by atoms with Gasteiger partial charge in [-0.2, -0.15) is 5.10 Å². The van der Waals surface area contributed by atoms with Gasteiger partial charge in [-0.15, -0.1) is 0 Å². The van der Waals surface area contributed by atoms with Gasteiger partial charge in [0.25, 0.3) is 5.91 Å². The molecule has 1 saturated heterocycles. The standard InChI is InChI=1S/C17H22N4O/c1-12-8-9-18-10-16(12)19-17(22)15-11-21(20-13(15)2)14-6-4-3-5-7-14/h3-7,11-12,16,18H,8-10H2,1-2H3,(H,19,22). The van der Waals surface area contributed by atoms with Gasteiger partial charge in [-0.3, -0.25) is 4.79 Å². The van der Waals surface area contributed by atoms with E-state index in [1.54, 1.807) is 10.9 Å². The Bertz CT molecular complexity index is 650.